The van der Waals surface area contributed by atoms with Crippen LogP contribution in [0.2, 0.25) is 0 Å². The third-order valence-electron chi connectivity index (χ3n) is 4.38. The van der Waals surface area contributed by atoms with Crippen molar-refractivity contribution in [3.8, 4) is 0 Å². The van der Waals surface area contributed by atoms with E-state index in [9.17, 15) is 4.79 Å². The molecule has 1 aliphatic rings. The number of hydrogen-bond donors (Lipinski definition) is 0. The molecule has 0 spiro atoms. The maximum absolute atomic E-state index is 12.3. The molecule has 108 valence electrons. The van der Waals surface area contributed by atoms with Gasteiger partial charge in [0.25, 0.3) is 0 Å². The zero-order valence-corrected chi connectivity index (χ0v) is 12.4. The smallest absolute Gasteiger partial charge is 0.193 e. The van der Waals surface area contributed by atoms with E-state index in [4.69, 9.17) is 0 Å². The minimum Gasteiger partial charge on any atom is -0.289 e. The second-order valence-corrected chi connectivity index (χ2v) is 5.98. The van der Waals surface area contributed by atoms with Crippen LogP contribution in [0.15, 0.2) is 54.9 Å². The molecule has 1 aromatic heterocycles. The SMILES string of the molecule is O=C(c1ccccc1)c1cc[n+](CC2CCCCC2)cc1. The topological polar surface area (TPSA) is 20.9 Å². The number of ketones is 1. The van der Waals surface area contributed by atoms with E-state index >= 15 is 0 Å². The van der Waals surface area contributed by atoms with Crippen molar-refractivity contribution >= 4 is 5.78 Å². The first kappa shape index (κ1) is 14.0. The third-order valence-corrected chi connectivity index (χ3v) is 4.38. The molecule has 0 radical (unpaired) electrons. The van der Waals surface area contributed by atoms with Gasteiger partial charge in [-0.2, -0.15) is 0 Å². The van der Waals surface area contributed by atoms with Gasteiger partial charge >= 0.3 is 0 Å². The van der Waals surface area contributed by atoms with Gasteiger partial charge in [-0.1, -0.05) is 49.6 Å². The molecular weight excluding hydrogens is 258 g/mol. The lowest BCUT2D eigenvalue weighted by Gasteiger charge is -2.18. The number of rotatable bonds is 4. The molecule has 0 aliphatic heterocycles. The molecule has 1 aromatic carbocycles. The summed E-state index contributed by atoms with van der Waals surface area (Å²) >= 11 is 0. The number of pyridine rings is 1. The molecule has 0 unspecified atom stereocenters. The molecule has 2 aromatic rings. The fourth-order valence-electron chi connectivity index (χ4n) is 3.15. The Balaban J connectivity index is 1.67. The van der Waals surface area contributed by atoms with Crippen LogP contribution in [0, 0.1) is 5.92 Å². The summed E-state index contributed by atoms with van der Waals surface area (Å²) in [5, 5.41) is 0. The van der Waals surface area contributed by atoms with Gasteiger partial charge in [0.05, 0.1) is 0 Å². The van der Waals surface area contributed by atoms with Crippen LogP contribution in [-0.2, 0) is 6.54 Å². The van der Waals surface area contributed by atoms with E-state index in [1.54, 1.807) is 0 Å². The Kier molecular flexibility index (Phi) is 4.44. The molecule has 1 saturated carbocycles. The number of carbonyl (C=O) groups is 1. The molecule has 0 amide bonds. The van der Waals surface area contributed by atoms with Crippen molar-refractivity contribution in [2.45, 2.75) is 38.6 Å². The molecular formula is C19H22NO+. The van der Waals surface area contributed by atoms with Crippen LogP contribution in [0.25, 0.3) is 0 Å². The van der Waals surface area contributed by atoms with Crippen LogP contribution in [0.4, 0.5) is 0 Å². The molecule has 3 rings (SSSR count). The van der Waals surface area contributed by atoms with Crippen molar-refractivity contribution in [1.29, 1.82) is 0 Å². The first-order valence-corrected chi connectivity index (χ1v) is 7.92. The van der Waals surface area contributed by atoms with Gasteiger partial charge in [0.15, 0.2) is 24.7 Å². The van der Waals surface area contributed by atoms with Crippen molar-refractivity contribution < 1.29 is 9.36 Å². The number of hydrogen-bond acceptors (Lipinski definition) is 1. The number of carbonyl (C=O) groups excluding carboxylic acids is 1. The minimum absolute atomic E-state index is 0.0976. The summed E-state index contributed by atoms with van der Waals surface area (Å²) in [6.45, 7) is 1.08. The summed E-state index contributed by atoms with van der Waals surface area (Å²) in [6.07, 6.45) is 10.9. The van der Waals surface area contributed by atoms with Crippen LogP contribution in [-0.4, -0.2) is 5.78 Å². The Hall–Kier alpha value is -1.96. The van der Waals surface area contributed by atoms with Gasteiger partial charge in [-0.25, -0.2) is 4.57 Å². The van der Waals surface area contributed by atoms with Crippen molar-refractivity contribution in [3.63, 3.8) is 0 Å². The Bertz CT molecular complexity index is 583. The Morgan fingerprint density at radius 2 is 1.52 bits per heavy atom. The Morgan fingerprint density at radius 3 is 2.19 bits per heavy atom. The van der Waals surface area contributed by atoms with Crippen LogP contribution in [0.5, 0.6) is 0 Å². The van der Waals surface area contributed by atoms with Gasteiger partial charge in [-0.05, 0) is 12.8 Å². The standard InChI is InChI=1S/C19H22NO/c21-19(17-9-5-2-6-10-17)18-11-13-20(14-12-18)15-16-7-3-1-4-8-16/h2,5-6,9-14,16H,1,3-4,7-8,15H2/q+1. The van der Waals surface area contributed by atoms with E-state index in [1.165, 1.54) is 32.1 Å². The van der Waals surface area contributed by atoms with E-state index in [2.05, 4.69) is 4.57 Å². The molecule has 0 bridgehead atoms. The zero-order valence-electron chi connectivity index (χ0n) is 12.4. The Labute approximate surface area is 126 Å². The van der Waals surface area contributed by atoms with Crippen LogP contribution in [0.1, 0.15) is 48.0 Å². The number of nitrogens with zero attached hydrogens (tertiary/aromatic N) is 1. The highest BCUT2D eigenvalue weighted by atomic mass is 16.1. The molecule has 2 nitrogen and oxygen atoms in total. The number of benzene rings is 1. The van der Waals surface area contributed by atoms with E-state index in [-0.39, 0.29) is 5.78 Å². The van der Waals surface area contributed by atoms with Gasteiger partial charge < -0.3 is 0 Å². The van der Waals surface area contributed by atoms with Crippen LogP contribution < -0.4 is 4.57 Å². The molecule has 21 heavy (non-hydrogen) atoms. The van der Waals surface area contributed by atoms with Gasteiger partial charge in [-0.15, -0.1) is 0 Å². The van der Waals surface area contributed by atoms with E-state index < -0.39 is 0 Å². The normalized spacial score (nSPS) is 15.8. The van der Waals surface area contributed by atoms with Crippen molar-refractivity contribution in [2.75, 3.05) is 0 Å². The predicted molar refractivity (Wildman–Crippen MR) is 83.1 cm³/mol. The van der Waals surface area contributed by atoms with Crippen molar-refractivity contribution in [3.05, 3.63) is 66.0 Å². The second-order valence-electron chi connectivity index (χ2n) is 5.98. The lowest BCUT2D eigenvalue weighted by molar-refractivity contribution is -0.703. The van der Waals surface area contributed by atoms with E-state index in [0.29, 0.717) is 0 Å². The highest BCUT2D eigenvalue weighted by molar-refractivity contribution is 6.08. The third kappa shape index (κ3) is 3.57. The molecule has 2 heteroatoms. The molecule has 0 atom stereocenters. The summed E-state index contributed by atoms with van der Waals surface area (Å²) in [5.74, 6) is 0.903. The maximum atomic E-state index is 12.3. The Morgan fingerprint density at radius 1 is 0.905 bits per heavy atom. The molecule has 1 fully saturated rings. The van der Waals surface area contributed by atoms with Crippen LogP contribution in [0.3, 0.4) is 0 Å². The second kappa shape index (κ2) is 6.66. The molecule has 0 N–H and O–H groups in total. The monoisotopic (exact) mass is 280 g/mol. The quantitative estimate of drug-likeness (QED) is 0.616. The fourth-order valence-corrected chi connectivity index (χ4v) is 3.15. The highest BCUT2D eigenvalue weighted by Crippen LogP contribution is 2.23. The van der Waals surface area contributed by atoms with Gasteiger partial charge in [0.1, 0.15) is 0 Å². The molecule has 1 aliphatic carbocycles. The summed E-state index contributed by atoms with van der Waals surface area (Å²) < 4.78 is 2.22. The minimum atomic E-state index is 0.0976. The fraction of sp³-hybridized carbons (Fsp3) is 0.368. The number of aromatic nitrogens is 1. The summed E-state index contributed by atoms with van der Waals surface area (Å²) in [6, 6.07) is 13.4. The van der Waals surface area contributed by atoms with Crippen molar-refractivity contribution in [1.82, 2.24) is 0 Å². The van der Waals surface area contributed by atoms with Gasteiger partial charge in [0.2, 0.25) is 0 Å². The van der Waals surface area contributed by atoms with E-state index in [1.807, 2.05) is 54.9 Å². The average Bonchev–Trinajstić information content (AvgIpc) is 2.57. The first-order valence-electron chi connectivity index (χ1n) is 7.92. The lowest BCUT2D eigenvalue weighted by atomic mass is 9.89. The van der Waals surface area contributed by atoms with Gasteiger partial charge in [0, 0.05) is 29.2 Å². The van der Waals surface area contributed by atoms with Gasteiger partial charge in [-0.3, -0.25) is 4.79 Å². The largest absolute Gasteiger partial charge is 0.289 e. The highest BCUT2D eigenvalue weighted by Gasteiger charge is 2.18. The van der Waals surface area contributed by atoms with Crippen molar-refractivity contribution in [2.24, 2.45) is 5.92 Å². The average molecular weight is 280 g/mol. The van der Waals surface area contributed by atoms with E-state index in [0.717, 1.165) is 23.6 Å². The first-order chi connectivity index (χ1) is 10.3. The summed E-state index contributed by atoms with van der Waals surface area (Å²) in [4.78, 5) is 12.3. The summed E-state index contributed by atoms with van der Waals surface area (Å²) in [5.41, 5.74) is 1.52. The predicted octanol–water partition coefficient (Wildman–Crippen LogP) is 3.79. The summed E-state index contributed by atoms with van der Waals surface area (Å²) in [7, 11) is 0. The lowest BCUT2D eigenvalue weighted by Crippen LogP contribution is -2.37. The van der Waals surface area contributed by atoms with Crippen LogP contribution >= 0.6 is 0 Å². The molecule has 0 saturated heterocycles. The molecule has 1 heterocycles. The maximum Gasteiger partial charge on any atom is 0.193 e. The zero-order chi connectivity index (χ0) is 14.5.